The van der Waals surface area contributed by atoms with E-state index >= 15 is 0 Å². The van der Waals surface area contributed by atoms with Crippen molar-refractivity contribution in [3.63, 3.8) is 0 Å². The monoisotopic (exact) mass is 182 g/mol. The summed E-state index contributed by atoms with van der Waals surface area (Å²) in [5, 5.41) is 9.40. The van der Waals surface area contributed by atoms with Gasteiger partial charge in [-0.1, -0.05) is 19.1 Å². The van der Waals surface area contributed by atoms with Gasteiger partial charge in [0.1, 0.15) is 5.82 Å². The fourth-order valence-corrected chi connectivity index (χ4v) is 1.27. The van der Waals surface area contributed by atoms with E-state index < -0.39 is 0 Å². The van der Waals surface area contributed by atoms with Crippen molar-refractivity contribution in [1.29, 1.82) is 0 Å². The van der Waals surface area contributed by atoms with Crippen molar-refractivity contribution < 1.29 is 9.50 Å². The Bertz CT molecular complexity index is 283. The van der Waals surface area contributed by atoms with Gasteiger partial charge in [-0.15, -0.1) is 0 Å². The summed E-state index contributed by atoms with van der Waals surface area (Å²) in [6.45, 7) is 3.66. The van der Waals surface area contributed by atoms with E-state index in [1.165, 1.54) is 6.07 Å². The zero-order valence-electron chi connectivity index (χ0n) is 8.05. The van der Waals surface area contributed by atoms with Gasteiger partial charge in [0.25, 0.3) is 0 Å². The first-order valence-corrected chi connectivity index (χ1v) is 4.57. The standard InChI is InChI=1S/C11H15FO/c1-3-10(13)7-9-5-4-6-11(12)8(9)2/h4-6,10,13H,3,7H2,1-2H3/t10-/m1/s1. The lowest BCUT2D eigenvalue weighted by Gasteiger charge is -2.10. The molecule has 0 aliphatic rings. The van der Waals surface area contributed by atoms with Crippen molar-refractivity contribution >= 4 is 0 Å². The summed E-state index contributed by atoms with van der Waals surface area (Å²) in [6, 6.07) is 4.98. The maximum atomic E-state index is 13.1. The fourth-order valence-electron chi connectivity index (χ4n) is 1.27. The molecule has 2 heteroatoms. The van der Waals surface area contributed by atoms with Gasteiger partial charge in [-0.2, -0.15) is 0 Å². The van der Waals surface area contributed by atoms with Gasteiger partial charge in [-0.25, -0.2) is 4.39 Å². The van der Waals surface area contributed by atoms with E-state index in [-0.39, 0.29) is 11.9 Å². The molecule has 1 aromatic carbocycles. The summed E-state index contributed by atoms with van der Waals surface area (Å²) >= 11 is 0. The van der Waals surface area contributed by atoms with E-state index in [0.717, 1.165) is 5.56 Å². The Balaban J connectivity index is 2.83. The second-order valence-corrected chi connectivity index (χ2v) is 3.29. The van der Waals surface area contributed by atoms with Crippen LogP contribution in [0.25, 0.3) is 0 Å². The lowest BCUT2D eigenvalue weighted by Crippen LogP contribution is -2.09. The van der Waals surface area contributed by atoms with Crippen molar-refractivity contribution in [2.75, 3.05) is 0 Å². The number of halogens is 1. The minimum absolute atomic E-state index is 0.194. The number of hydrogen-bond acceptors (Lipinski definition) is 1. The molecule has 72 valence electrons. The molecule has 0 aliphatic heterocycles. The molecular weight excluding hydrogens is 167 g/mol. The van der Waals surface area contributed by atoms with E-state index in [0.29, 0.717) is 18.4 Å². The van der Waals surface area contributed by atoms with Crippen LogP contribution < -0.4 is 0 Å². The van der Waals surface area contributed by atoms with E-state index in [1.807, 2.05) is 13.0 Å². The highest BCUT2D eigenvalue weighted by Gasteiger charge is 2.07. The van der Waals surface area contributed by atoms with Crippen LogP contribution in [0.5, 0.6) is 0 Å². The highest BCUT2D eigenvalue weighted by molar-refractivity contribution is 5.27. The maximum Gasteiger partial charge on any atom is 0.126 e. The Morgan fingerprint density at radius 1 is 1.46 bits per heavy atom. The molecule has 0 unspecified atom stereocenters. The summed E-state index contributed by atoms with van der Waals surface area (Å²) in [4.78, 5) is 0. The normalized spacial score (nSPS) is 12.9. The lowest BCUT2D eigenvalue weighted by atomic mass is 10.0. The third-order valence-electron chi connectivity index (χ3n) is 2.31. The smallest absolute Gasteiger partial charge is 0.126 e. The van der Waals surface area contributed by atoms with Gasteiger partial charge in [0, 0.05) is 0 Å². The number of benzene rings is 1. The van der Waals surface area contributed by atoms with E-state index in [4.69, 9.17) is 0 Å². The molecule has 1 atom stereocenters. The van der Waals surface area contributed by atoms with Crippen LogP contribution in [0.3, 0.4) is 0 Å². The molecule has 1 aromatic rings. The predicted octanol–water partition coefficient (Wildman–Crippen LogP) is 2.45. The number of rotatable bonds is 3. The maximum absolute atomic E-state index is 13.1. The third kappa shape index (κ3) is 2.52. The Hall–Kier alpha value is -0.890. The van der Waals surface area contributed by atoms with Crippen LogP contribution in [0.1, 0.15) is 24.5 Å². The van der Waals surface area contributed by atoms with Crippen molar-refractivity contribution in [3.8, 4) is 0 Å². The van der Waals surface area contributed by atoms with Crippen LogP contribution >= 0.6 is 0 Å². The van der Waals surface area contributed by atoms with Gasteiger partial charge in [0.05, 0.1) is 6.10 Å². The molecule has 1 nitrogen and oxygen atoms in total. The number of aliphatic hydroxyl groups excluding tert-OH is 1. The van der Waals surface area contributed by atoms with Crippen molar-refractivity contribution in [1.82, 2.24) is 0 Å². The average Bonchev–Trinajstić information content (AvgIpc) is 2.13. The van der Waals surface area contributed by atoms with Crippen LogP contribution in [-0.4, -0.2) is 11.2 Å². The first kappa shape index (κ1) is 10.2. The van der Waals surface area contributed by atoms with E-state index in [9.17, 15) is 9.50 Å². The second-order valence-electron chi connectivity index (χ2n) is 3.29. The molecule has 1 N–H and O–H groups in total. The molecule has 0 amide bonds. The first-order chi connectivity index (χ1) is 6.15. The highest BCUT2D eigenvalue weighted by Crippen LogP contribution is 2.14. The van der Waals surface area contributed by atoms with Gasteiger partial charge in [-0.05, 0) is 37.0 Å². The van der Waals surface area contributed by atoms with Gasteiger partial charge < -0.3 is 5.11 Å². The van der Waals surface area contributed by atoms with E-state index in [2.05, 4.69) is 0 Å². The largest absolute Gasteiger partial charge is 0.393 e. The molecule has 1 rings (SSSR count). The Kier molecular flexibility index (Phi) is 3.43. The van der Waals surface area contributed by atoms with Crippen LogP contribution in [0, 0.1) is 12.7 Å². The minimum Gasteiger partial charge on any atom is -0.393 e. The highest BCUT2D eigenvalue weighted by atomic mass is 19.1. The zero-order valence-corrected chi connectivity index (χ0v) is 8.05. The molecule has 0 saturated carbocycles. The summed E-state index contributed by atoms with van der Waals surface area (Å²) in [5.74, 6) is -0.194. The average molecular weight is 182 g/mol. The van der Waals surface area contributed by atoms with Crippen molar-refractivity contribution in [2.24, 2.45) is 0 Å². The van der Waals surface area contributed by atoms with Gasteiger partial charge in [0.15, 0.2) is 0 Å². The minimum atomic E-state index is -0.361. The van der Waals surface area contributed by atoms with Gasteiger partial charge in [0.2, 0.25) is 0 Å². The molecule has 0 spiro atoms. The number of aliphatic hydroxyl groups is 1. The lowest BCUT2D eigenvalue weighted by molar-refractivity contribution is 0.170. The number of hydrogen-bond donors (Lipinski definition) is 1. The van der Waals surface area contributed by atoms with Gasteiger partial charge >= 0.3 is 0 Å². The Morgan fingerprint density at radius 3 is 2.77 bits per heavy atom. The quantitative estimate of drug-likeness (QED) is 0.761. The van der Waals surface area contributed by atoms with Gasteiger partial charge in [-0.3, -0.25) is 0 Å². The van der Waals surface area contributed by atoms with Crippen LogP contribution in [-0.2, 0) is 6.42 Å². The molecule has 0 aromatic heterocycles. The SMILES string of the molecule is CC[C@@H](O)Cc1cccc(F)c1C. The summed E-state index contributed by atoms with van der Waals surface area (Å²) in [5.41, 5.74) is 1.55. The van der Waals surface area contributed by atoms with E-state index in [1.54, 1.807) is 13.0 Å². The summed E-state index contributed by atoms with van der Waals surface area (Å²) in [6.07, 6.45) is 0.885. The van der Waals surface area contributed by atoms with Crippen LogP contribution in [0.15, 0.2) is 18.2 Å². The molecule has 0 bridgehead atoms. The molecule has 0 radical (unpaired) electrons. The second kappa shape index (κ2) is 4.38. The molecular formula is C11H15FO. The first-order valence-electron chi connectivity index (χ1n) is 4.57. The molecule has 0 heterocycles. The van der Waals surface area contributed by atoms with Crippen LogP contribution in [0.2, 0.25) is 0 Å². The van der Waals surface area contributed by atoms with Crippen molar-refractivity contribution in [3.05, 3.63) is 35.1 Å². The summed E-state index contributed by atoms with van der Waals surface area (Å²) < 4.78 is 13.1. The zero-order chi connectivity index (χ0) is 9.84. The Morgan fingerprint density at radius 2 is 2.15 bits per heavy atom. The van der Waals surface area contributed by atoms with Crippen LogP contribution in [0.4, 0.5) is 4.39 Å². The Labute approximate surface area is 78.2 Å². The molecule has 0 fully saturated rings. The molecule has 0 aliphatic carbocycles. The third-order valence-corrected chi connectivity index (χ3v) is 2.31. The topological polar surface area (TPSA) is 20.2 Å². The molecule has 13 heavy (non-hydrogen) atoms. The predicted molar refractivity (Wildman–Crippen MR) is 51.1 cm³/mol. The van der Waals surface area contributed by atoms with Crippen molar-refractivity contribution in [2.45, 2.75) is 32.8 Å². The summed E-state index contributed by atoms with van der Waals surface area (Å²) in [7, 11) is 0. The molecule has 0 saturated heterocycles. The fraction of sp³-hybridized carbons (Fsp3) is 0.455.